The fourth-order valence-corrected chi connectivity index (χ4v) is 1.38. The molecule has 5 heteroatoms. The van der Waals surface area contributed by atoms with Crippen LogP contribution in [0.3, 0.4) is 0 Å². The molecule has 0 aliphatic carbocycles. The van der Waals surface area contributed by atoms with Gasteiger partial charge in [0, 0.05) is 6.54 Å². The number of nitrogens with one attached hydrogen (secondary N) is 2. The van der Waals surface area contributed by atoms with Crippen LogP contribution in [0.15, 0.2) is 0 Å². The van der Waals surface area contributed by atoms with Gasteiger partial charge in [-0.15, -0.1) is 0 Å². The van der Waals surface area contributed by atoms with Crippen molar-refractivity contribution in [2.24, 2.45) is 5.73 Å². The van der Waals surface area contributed by atoms with E-state index in [0.29, 0.717) is 6.42 Å². The third-order valence-electron chi connectivity index (χ3n) is 2.04. The van der Waals surface area contributed by atoms with Gasteiger partial charge < -0.3 is 11.1 Å². The van der Waals surface area contributed by atoms with Gasteiger partial charge in [0.2, 0.25) is 0 Å². The quantitative estimate of drug-likeness (QED) is 0.492. The maximum Gasteiger partial charge on any atom is 0.322 e. The van der Waals surface area contributed by atoms with E-state index in [0.717, 1.165) is 6.42 Å². The molecular weight excluding hydrogens is 158 g/mol. The number of nitrogens with two attached hydrogens (primary N) is 1. The minimum absolute atomic E-state index is 0.151. The van der Waals surface area contributed by atoms with Crippen LogP contribution < -0.4 is 16.4 Å². The van der Waals surface area contributed by atoms with Crippen molar-refractivity contribution in [3.63, 3.8) is 0 Å². The van der Waals surface area contributed by atoms with Gasteiger partial charge >= 0.3 is 6.03 Å². The van der Waals surface area contributed by atoms with Gasteiger partial charge in [-0.1, -0.05) is 13.3 Å². The van der Waals surface area contributed by atoms with Crippen LogP contribution >= 0.6 is 0 Å². The standard InChI is InChI=1S/C7H13N3O2/c1-2-3-7(4-8)5(11)9-6(12)10-7/h2-4,8H2,1H3,(H2,9,10,11,12)/t7-/m1/s1. The van der Waals surface area contributed by atoms with Crippen LogP contribution in [0.4, 0.5) is 4.79 Å². The predicted molar refractivity (Wildman–Crippen MR) is 43.4 cm³/mol. The summed E-state index contributed by atoms with van der Waals surface area (Å²) in [4.78, 5) is 22.1. The Morgan fingerprint density at radius 2 is 2.17 bits per heavy atom. The van der Waals surface area contributed by atoms with E-state index in [9.17, 15) is 9.59 Å². The molecule has 1 saturated heterocycles. The van der Waals surface area contributed by atoms with Crippen molar-refractivity contribution < 1.29 is 9.59 Å². The molecule has 1 rings (SSSR count). The molecule has 0 saturated carbocycles. The fraction of sp³-hybridized carbons (Fsp3) is 0.714. The molecule has 0 unspecified atom stereocenters. The number of urea groups is 1. The van der Waals surface area contributed by atoms with Crippen molar-refractivity contribution in [1.29, 1.82) is 0 Å². The molecule has 1 atom stereocenters. The number of carbonyl (C=O) groups is 2. The van der Waals surface area contributed by atoms with Gasteiger partial charge in [0.25, 0.3) is 5.91 Å². The smallest absolute Gasteiger partial charge is 0.322 e. The van der Waals surface area contributed by atoms with Crippen LogP contribution in [-0.4, -0.2) is 24.0 Å². The number of imide groups is 1. The Morgan fingerprint density at radius 3 is 2.50 bits per heavy atom. The second kappa shape index (κ2) is 3.10. The Morgan fingerprint density at radius 1 is 1.50 bits per heavy atom. The normalized spacial score (nSPS) is 28.5. The summed E-state index contributed by atoms with van der Waals surface area (Å²) in [5.74, 6) is -0.308. The van der Waals surface area contributed by atoms with E-state index in [2.05, 4.69) is 10.6 Å². The highest BCUT2D eigenvalue weighted by atomic mass is 16.2. The first-order valence-corrected chi connectivity index (χ1v) is 3.98. The minimum Gasteiger partial charge on any atom is -0.328 e. The molecule has 0 aromatic rings. The fourth-order valence-electron chi connectivity index (χ4n) is 1.38. The maximum absolute atomic E-state index is 11.3. The number of hydrogen-bond acceptors (Lipinski definition) is 3. The lowest BCUT2D eigenvalue weighted by Crippen LogP contribution is -2.52. The Hall–Kier alpha value is -1.10. The second-order valence-electron chi connectivity index (χ2n) is 2.94. The summed E-state index contributed by atoms with van der Waals surface area (Å²) in [7, 11) is 0. The highest BCUT2D eigenvalue weighted by Crippen LogP contribution is 2.15. The van der Waals surface area contributed by atoms with E-state index in [1.807, 2.05) is 6.92 Å². The first kappa shape index (κ1) is 8.99. The average Bonchev–Trinajstić information content (AvgIpc) is 2.28. The Labute approximate surface area is 70.7 Å². The number of rotatable bonds is 3. The van der Waals surface area contributed by atoms with E-state index in [4.69, 9.17) is 5.73 Å². The zero-order valence-corrected chi connectivity index (χ0v) is 7.02. The van der Waals surface area contributed by atoms with Crippen molar-refractivity contribution >= 4 is 11.9 Å². The van der Waals surface area contributed by atoms with Gasteiger partial charge in [0.05, 0.1) is 0 Å². The molecule has 0 radical (unpaired) electrons. The zero-order valence-electron chi connectivity index (χ0n) is 7.02. The summed E-state index contributed by atoms with van der Waals surface area (Å²) >= 11 is 0. The lowest BCUT2D eigenvalue weighted by molar-refractivity contribution is -0.123. The lowest BCUT2D eigenvalue weighted by atomic mass is 9.94. The third kappa shape index (κ3) is 1.27. The first-order chi connectivity index (χ1) is 5.64. The lowest BCUT2D eigenvalue weighted by Gasteiger charge is -2.22. The maximum atomic E-state index is 11.3. The average molecular weight is 171 g/mol. The molecular formula is C7H13N3O2. The van der Waals surface area contributed by atoms with Gasteiger partial charge in [-0.3, -0.25) is 10.1 Å². The molecule has 0 aromatic carbocycles. The van der Waals surface area contributed by atoms with Gasteiger partial charge in [0.1, 0.15) is 5.54 Å². The highest BCUT2D eigenvalue weighted by Gasteiger charge is 2.43. The van der Waals surface area contributed by atoms with Crippen molar-refractivity contribution in [3.05, 3.63) is 0 Å². The Kier molecular flexibility index (Phi) is 2.32. The zero-order chi connectivity index (χ0) is 9.19. The third-order valence-corrected chi connectivity index (χ3v) is 2.04. The summed E-state index contributed by atoms with van der Waals surface area (Å²) in [5, 5.41) is 4.72. The van der Waals surface area contributed by atoms with Gasteiger partial charge in [-0.2, -0.15) is 0 Å². The van der Waals surface area contributed by atoms with Gasteiger partial charge in [0.15, 0.2) is 0 Å². The molecule has 3 amide bonds. The van der Waals surface area contributed by atoms with Crippen LogP contribution in [0.25, 0.3) is 0 Å². The molecule has 1 aliphatic heterocycles. The van der Waals surface area contributed by atoms with Crippen LogP contribution in [0.2, 0.25) is 0 Å². The molecule has 0 spiro atoms. The van der Waals surface area contributed by atoms with Crippen molar-refractivity contribution in [1.82, 2.24) is 10.6 Å². The largest absolute Gasteiger partial charge is 0.328 e. The van der Waals surface area contributed by atoms with Crippen molar-refractivity contribution in [3.8, 4) is 0 Å². The summed E-state index contributed by atoms with van der Waals surface area (Å²) in [6, 6.07) is -0.445. The van der Waals surface area contributed by atoms with Crippen LogP contribution in [-0.2, 0) is 4.79 Å². The molecule has 5 nitrogen and oxygen atoms in total. The summed E-state index contributed by atoms with van der Waals surface area (Å²) in [6.45, 7) is 2.09. The molecule has 0 bridgehead atoms. The molecule has 1 heterocycles. The molecule has 1 aliphatic rings. The van der Waals surface area contributed by atoms with Crippen molar-refractivity contribution in [2.45, 2.75) is 25.3 Å². The van der Waals surface area contributed by atoms with Gasteiger partial charge in [-0.05, 0) is 6.42 Å². The summed E-state index contributed by atoms with van der Waals surface area (Å²) in [6.07, 6.45) is 1.39. The molecule has 4 N–H and O–H groups in total. The molecule has 1 fully saturated rings. The van der Waals surface area contributed by atoms with Crippen LogP contribution in [0, 0.1) is 0 Å². The second-order valence-corrected chi connectivity index (χ2v) is 2.94. The predicted octanol–water partition coefficient (Wildman–Crippen LogP) is -0.677. The van der Waals surface area contributed by atoms with Gasteiger partial charge in [-0.25, -0.2) is 4.79 Å². The first-order valence-electron chi connectivity index (χ1n) is 3.98. The van der Waals surface area contributed by atoms with E-state index >= 15 is 0 Å². The molecule has 12 heavy (non-hydrogen) atoms. The summed E-state index contributed by atoms with van der Waals surface area (Å²) < 4.78 is 0. The topological polar surface area (TPSA) is 84.2 Å². The van der Waals surface area contributed by atoms with Crippen LogP contribution in [0.1, 0.15) is 19.8 Å². The molecule has 0 aromatic heterocycles. The highest BCUT2D eigenvalue weighted by molar-refractivity contribution is 6.07. The van der Waals surface area contributed by atoms with Crippen LogP contribution in [0.5, 0.6) is 0 Å². The number of amides is 3. The van der Waals surface area contributed by atoms with Crippen molar-refractivity contribution in [2.75, 3.05) is 6.54 Å². The van der Waals surface area contributed by atoms with E-state index in [1.54, 1.807) is 0 Å². The van der Waals surface area contributed by atoms with E-state index < -0.39 is 11.6 Å². The SMILES string of the molecule is CCC[C@]1(CN)NC(=O)NC1=O. The van der Waals surface area contributed by atoms with E-state index in [1.165, 1.54) is 0 Å². The molecule has 68 valence electrons. The van der Waals surface area contributed by atoms with E-state index in [-0.39, 0.29) is 12.5 Å². The Balaban J connectivity index is 2.78. The monoisotopic (exact) mass is 171 g/mol. The summed E-state index contributed by atoms with van der Waals surface area (Å²) in [5.41, 5.74) is 4.58. The number of carbonyl (C=O) groups excluding carboxylic acids is 2. The number of hydrogen-bond donors (Lipinski definition) is 3. The minimum atomic E-state index is -0.855. The Bertz CT molecular complexity index is 217.